The normalized spacial score (nSPS) is 15.0. The van der Waals surface area contributed by atoms with Crippen LogP contribution in [0.3, 0.4) is 0 Å². The molecule has 0 spiro atoms. The summed E-state index contributed by atoms with van der Waals surface area (Å²) in [6, 6.07) is 10.3. The third-order valence-electron chi connectivity index (χ3n) is 5.44. The predicted molar refractivity (Wildman–Crippen MR) is 133 cm³/mol. The van der Waals surface area contributed by atoms with Crippen LogP contribution in [-0.4, -0.2) is 29.4 Å². The van der Waals surface area contributed by atoms with Gasteiger partial charge in [-0.05, 0) is 54.7 Å². The van der Waals surface area contributed by atoms with Crippen LogP contribution in [0.5, 0.6) is 0 Å². The summed E-state index contributed by atoms with van der Waals surface area (Å²) in [6.45, 7) is 1.77. The molecule has 0 aromatic heterocycles. The first-order chi connectivity index (χ1) is 16.6. The Morgan fingerprint density at radius 2 is 1.97 bits per heavy atom. The quantitative estimate of drug-likeness (QED) is 0.208. The van der Waals surface area contributed by atoms with Crippen molar-refractivity contribution in [2.24, 2.45) is 10.7 Å². The zero-order valence-corrected chi connectivity index (χ0v) is 19.7. The van der Waals surface area contributed by atoms with Gasteiger partial charge in [-0.25, -0.2) is 0 Å². The summed E-state index contributed by atoms with van der Waals surface area (Å²) in [4.78, 5) is 26.5. The summed E-state index contributed by atoms with van der Waals surface area (Å²) in [6.07, 6.45) is 0.302. The molecule has 1 aliphatic carbocycles. The highest BCUT2D eigenvalue weighted by atomic mass is 32.1. The number of hydrogen-bond donors (Lipinski definition) is 3. The van der Waals surface area contributed by atoms with Gasteiger partial charge in [-0.2, -0.15) is 13.2 Å². The number of nitrogens with one attached hydrogen (secondary N) is 2. The van der Waals surface area contributed by atoms with E-state index in [2.05, 4.69) is 15.6 Å². The van der Waals surface area contributed by atoms with Crippen LogP contribution in [0.4, 0.5) is 13.2 Å². The molecule has 1 amide bonds. The summed E-state index contributed by atoms with van der Waals surface area (Å²) in [5.74, 6) is -0.766. The van der Waals surface area contributed by atoms with Crippen LogP contribution in [0.1, 0.15) is 53.6 Å². The number of aliphatic imine (C=N–C) groups is 1. The van der Waals surface area contributed by atoms with Crippen LogP contribution in [0.2, 0.25) is 0 Å². The minimum atomic E-state index is -4.55. The fourth-order valence-corrected chi connectivity index (χ4v) is 3.71. The topological polar surface area (TPSA) is 96.6 Å². The summed E-state index contributed by atoms with van der Waals surface area (Å²) >= 11 is 5.52. The summed E-state index contributed by atoms with van der Waals surface area (Å²) in [5.41, 5.74) is 7.21. The van der Waals surface area contributed by atoms with Gasteiger partial charge in [-0.1, -0.05) is 36.5 Å². The molecule has 0 radical (unpaired) electrons. The summed E-state index contributed by atoms with van der Waals surface area (Å²) in [7, 11) is 0. The van der Waals surface area contributed by atoms with Crippen LogP contribution >= 0.6 is 12.2 Å². The fraction of sp³-hybridized carbons (Fsp3) is 0.280. The van der Waals surface area contributed by atoms with Crippen molar-refractivity contribution in [2.75, 3.05) is 0 Å². The van der Waals surface area contributed by atoms with Gasteiger partial charge in [0, 0.05) is 36.1 Å². The highest BCUT2D eigenvalue weighted by Gasteiger charge is 2.32. The van der Waals surface area contributed by atoms with Crippen molar-refractivity contribution in [3.05, 3.63) is 76.5 Å². The molecule has 0 aliphatic heterocycles. The molecular formula is C25H25F3N4O2S. The summed E-state index contributed by atoms with van der Waals surface area (Å²) < 4.78 is 41.0. The monoisotopic (exact) mass is 502 g/mol. The number of amides is 1. The highest BCUT2D eigenvalue weighted by Crippen LogP contribution is 2.34. The molecule has 184 valence electrons. The average Bonchev–Trinajstić information content (AvgIpc) is 3.66. The molecule has 3 rings (SSSR count). The first kappa shape index (κ1) is 26.1. The van der Waals surface area contributed by atoms with Crippen molar-refractivity contribution >= 4 is 41.2 Å². The van der Waals surface area contributed by atoms with Gasteiger partial charge in [0.05, 0.1) is 11.6 Å². The lowest BCUT2D eigenvalue weighted by molar-refractivity contribution is -0.137. The SMILES string of the molecule is CC(NC(=S)c1ccccc1CNC(=O)C=O)c1cc(/C(C=NC2CC2)=C/N)cc(C(F)(F)F)c1. The first-order valence-corrected chi connectivity index (χ1v) is 11.3. The Morgan fingerprint density at radius 3 is 2.60 bits per heavy atom. The standard InChI is InChI=1S/C25H25F3N4O2S/c1-15(32-24(35)22-5-3-2-4-16(22)12-31-23(34)14-33)17-8-18(10-20(9-17)25(26,27)28)19(11-29)13-30-21-6-7-21/h2-5,8-11,13-15,21H,6-7,12,29H2,1H3,(H,31,34)(H,32,35)/b19-11+,30-13?. The number of carbonyl (C=O) groups excluding carboxylic acids is 2. The number of alkyl halides is 3. The Balaban J connectivity index is 1.87. The number of nitrogens with zero attached hydrogens (tertiary/aromatic N) is 1. The van der Waals surface area contributed by atoms with Crippen molar-refractivity contribution in [1.29, 1.82) is 0 Å². The van der Waals surface area contributed by atoms with E-state index in [9.17, 15) is 22.8 Å². The molecule has 6 nitrogen and oxygen atoms in total. The molecule has 1 saturated carbocycles. The van der Waals surface area contributed by atoms with Gasteiger partial charge in [-0.3, -0.25) is 14.6 Å². The Labute approximate surface area is 206 Å². The smallest absolute Gasteiger partial charge is 0.404 e. The van der Waals surface area contributed by atoms with Gasteiger partial charge in [0.25, 0.3) is 5.91 Å². The van der Waals surface area contributed by atoms with Crippen LogP contribution in [-0.2, 0) is 22.3 Å². The third-order valence-corrected chi connectivity index (χ3v) is 5.77. The second-order valence-electron chi connectivity index (χ2n) is 8.16. The van der Waals surface area contributed by atoms with Crippen molar-refractivity contribution in [2.45, 2.75) is 44.6 Å². The second kappa shape index (κ2) is 11.3. The molecule has 0 bridgehead atoms. The van der Waals surface area contributed by atoms with Crippen LogP contribution in [0, 0.1) is 0 Å². The van der Waals surface area contributed by atoms with E-state index in [0.717, 1.165) is 25.0 Å². The van der Waals surface area contributed by atoms with Gasteiger partial charge < -0.3 is 16.4 Å². The van der Waals surface area contributed by atoms with Crippen LogP contribution < -0.4 is 16.4 Å². The van der Waals surface area contributed by atoms with Gasteiger partial charge in [0.15, 0.2) is 0 Å². The van der Waals surface area contributed by atoms with E-state index < -0.39 is 23.7 Å². The maximum Gasteiger partial charge on any atom is 0.416 e. The third kappa shape index (κ3) is 7.22. The van der Waals surface area contributed by atoms with E-state index >= 15 is 0 Å². The fourth-order valence-electron chi connectivity index (χ4n) is 3.33. The minimum Gasteiger partial charge on any atom is -0.404 e. The Morgan fingerprint density at radius 1 is 1.26 bits per heavy atom. The Bertz CT molecular complexity index is 1170. The zero-order valence-electron chi connectivity index (χ0n) is 18.9. The van der Waals surface area contributed by atoms with E-state index in [1.165, 1.54) is 12.4 Å². The molecule has 1 unspecified atom stereocenters. The molecule has 2 aromatic carbocycles. The maximum absolute atomic E-state index is 13.7. The van der Waals surface area contributed by atoms with Gasteiger partial charge >= 0.3 is 6.18 Å². The first-order valence-electron chi connectivity index (χ1n) is 10.9. The number of hydrogen-bond acceptors (Lipinski definition) is 5. The number of allylic oxidation sites excluding steroid dienone is 1. The lowest BCUT2D eigenvalue weighted by Crippen LogP contribution is -2.29. The number of halogens is 3. The van der Waals surface area contributed by atoms with E-state index in [4.69, 9.17) is 18.0 Å². The van der Waals surface area contributed by atoms with Crippen molar-refractivity contribution in [3.63, 3.8) is 0 Å². The van der Waals surface area contributed by atoms with Gasteiger partial charge in [0.1, 0.15) is 4.99 Å². The molecule has 1 fully saturated rings. The van der Waals surface area contributed by atoms with Crippen LogP contribution in [0.25, 0.3) is 5.57 Å². The largest absolute Gasteiger partial charge is 0.416 e. The molecule has 0 heterocycles. The predicted octanol–water partition coefficient (Wildman–Crippen LogP) is 4.08. The molecular weight excluding hydrogens is 477 g/mol. The van der Waals surface area contributed by atoms with E-state index in [0.29, 0.717) is 27.8 Å². The average molecular weight is 503 g/mol. The number of rotatable bonds is 9. The van der Waals surface area contributed by atoms with Crippen molar-refractivity contribution < 1.29 is 22.8 Å². The van der Waals surface area contributed by atoms with E-state index in [-0.39, 0.29) is 23.9 Å². The second-order valence-corrected chi connectivity index (χ2v) is 8.57. The van der Waals surface area contributed by atoms with Gasteiger partial charge in [-0.15, -0.1) is 0 Å². The number of benzene rings is 2. The Kier molecular flexibility index (Phi) is 8.39. The lowest BCUT2D eigenvalue weighted by Gasteiger charge is -2.21. The van der Waals surface area contributed by atoms with Gasteiger partial charge in [0.2, 0.25) is 6.29 Å². The zero-order chi connectivity index (χ0) is 25.6. The molecule has 2 aromatic rings. The molecule has 0 saturated heterocycles. The minimum absolute atomic E-state index is 0.0721. The molecule has 1 atom stereocenters. The highest BCUT2D eigenvalue weighted by molar-refractivity contribution is 7.80. The number of carbonyl (C=O) groups is 2. The number of nitrogens with two attached hydrogens (primary N) is 1. The van der Waals surface area contributed by atoms with Crippen molar-refractivity contribution in [3.8, 4) is 0 Å². The van der Waals surface area contributed by atoms with E-state index in [1.807, 2.05) is 0 Å². The molecule has 1 aliphatic rings. The van der Waals surface area contributed by atoms with E-state index in [1.54, 1.807) is 37.3 Å². The summed E-state index contributed by atoms with van der Waals surface area (Å²) in [5, 5.41) is 5.53. The molecule has 10 heteroatoms. The van der Waals surface area contributed by atoms with Crippen LogP contribution in [0.15, 0.2) is 53.7 Å². The maximum atomic E-state index is 13.7. The molecule has 35 heavy (non-hydrogen) atoms. The number of aldehydes is 1. The number of thiocarbonyl (C=S) groups is 1. The molecule has 4 N–H and O–H groups in total. The lowest BCUT2D eigenvalue weighted by atomic mass is 9.97. The Hall–Kier alpha value is -3.53. The van der Waals surface area contributed by atoms with Crippen molar-refractivity contribution in [1.82, 2.24) is 10.6 Å².